The predicted molar refractivity (Wildman–Crippen MR) is 67.4 cm³/mol. The number of carbonyl (C=O) groups is 1. The van der Waals surface area contributed by atoms with Gasteiger partial charge in [-0.3, -0.25) is 4.79 Å². The first-order chi connectivity index (χ1) is 8.82. The second-order valence-corrected chi connectivity index (χ2v) is 6.23. The Morgan fingerprint density at radius 2 is 2.21 bits per heavy atom. The summed E-state index contributed by atoms with van der Waals surface area (Å²) in [7, 11) is -3.96. The molecule has 0 radical (unpaired) electrons. The summed E-state index contributed by atoms with van der Waals surface area (Å²) in [4.78, 5) is 11.5. The maximum atomic E-state index is 13.7. The number of hydrogen-bond donors (Lipinski definition) is 2. The molecule has 5 nitrogen and oxygen atoms in total. The third-order valence-electron chi connectivity index (χ3n) is 3.28. The lowest BCUT2D eigenvalue weighted by Gasteiger charge is -2.06. The number of halogens is 1. The zero-order valence-corrected chi connectivity index (χ0v) is 11.2. The van der Waals surface area contributed by atoms with Crippen LogP contribution in [0.5, 0.6) is 0 Å². The minimum Gasteiger partial charge on any atom is -0.349 e. The Morgan fingerprint density at radius 1 is 1.53 bits per heavy atom. The smallest absolute Gasteiger partial charge is 0.254 e. The molecule has 0 saturated heterocycles. The molecule has 1 aliphatic rings. The zero-order valence-electron chi connectivity index (χ0n) is 10.4. The van der Waals surface area contributed by atoms with E-state index in [1.807, 2.05) is 6.92 Å². The number of nitrogens with one attached hydrogen (secondary N) is 1. The minimum absolute atomic E-state index is 0.0924. The highest BCUT2D eigenvalue weighted by Gasteiger charge is 2.36. The van der Waals surface area contributed by atoms with Gasteiger partial charge in [-0.15, -0.1) is 0 Å². The molecule has 2 atom stereocenters. The average Bonchev–Trinajstić information content (AvgIpc) is 3.05. The van der Waals surface area contributed by atoms with Crippen molar-refractivity contribution in [1.29, 1.82) is 0 Å². The molecule has 1 aliphatic carbocycles. The molecule has 7 heteroatoms. The van der Waals surface area contributed by atoms with Gasteiger partial charge in [0.05, 0.1) is 10.5 Å². The van der Waals surface area contributed by atoms with E-state index < -0.39 is 21.7 Å². The van der Waals surface area contributed by atoms with Gasteiger partial charge in [0.25, 0.3) is 5.91 Å². The van der Waals surface area contributed by atoms with E-state index in [0.717, 1.165) is 31.0 Å². The summed E-state index contributed by atoms with van der Waals surface area (Å²) in [5.74, 6) is -0.965. The predicted octanol–water partition coefficient (Wildman–Crippen LogP) is 1.00. The fraction of sp³-hybridized carbons (Fsp3) is 0.417. The van der Waals surface area contributed by atoms with Crippen molar-refractivity contribution >= 4 is 15.9 Å². The van der Waals surface area contributed by atoms with Gasteiger partial charge in [-0.1, -0.05) is 13.3 Å². The van der Waals surface area contributed by atoms with E-state index in [0.29, 0.717) is 5.92 Å². The maximum absolute atomic E-state index is 13.7. The van der Waals surface area contributed by atoms with Crippen LogP contribution in [-0.2, 0) is 10.0 Å². The molecule has 0 aromatic heterocycles. The molecule has 0 bridgehead atoms. The van der Waals surface area contributed by atoms with Crippen molar-refractivity contribution in [3.05, 3.63) is 29.6 Å². The van der Waals surface area contributed by atoms with Gasteiger partial charge in [0.2, 0.25) is 10.0 Å². The summed E-state index contributed by atoms with van der Waals surface area (Å²) in [5, 5.41) is 7.59. The first-order valence-electron chi connectivity index (χ1n) is 5.96. The van der Waals surface area contributed by atoms with Gasteiger partial charge in [0, 0.05) is 6.04 Å². The van der Waals surface area contributed by atoms with E-state index in [9.17, 15) is 17.6 Å². The Kier molecular flexibility index (Phi) is 3.60. The van der Waals surface area contributed by atoms with Crippen LogP contribution in [-0.4, -0.2) is 20.4 Å². The molecule has 1 fully saturated rings. The lowest BCUT2D eigenvalue weighted by Crippen LogP contribution is -2.27. The van der Waals surface area contributed by atoms with Crippen molar-refractivity contribution in [3.8, 4) is 0 Å². The van der Waals surface area contributed by atoms with Crippen LogP contribution in [0.2, 0.25) is 0 Å². The summed E-state index contributed by atoms with van der Waals surface area (Å²) in [6.45, 7) is 2.03. The van der Waals surface area contributed by atoms with E-state index in [1.54, 1.807) is 0 Å². The van der Waals surface area contributed by atoms with Crippen LogP contribution >= 0.6 is 0 Å². The standard InChI is InChI=1S/C12H15FN2O3S/c1-2-7-5-11(7)15-12(16)9-4-3-8(6-10(9)13)19(14,17)18/h3-4,6-7,11H,2,5H2,1H3,(H,15,16)(H2,14,17,18). The van der Waals surface area contributed by atoms with Crippen molar-refractivity contribution in [2.24, 2.45) is 11.1 Å². The molecule has 0 heterocycles. The number of nitrogens with two attached hydrogens (primary N) is 1. The number of carbonyl (C=O) groups excluding carboxylic acids is 1. The molecule has 1 aromatic carbocycles. The summed E-state index contributed by atoms with van der Waals surface area (Å²) in [6, 6.07) is 3.11. The fourth-order valence-electron chi connectivity index (χ4n) is 1.98. The first-order valence-corrected chi connectivity index (χ1v) is 7.50. The van der Waals surface area contributed by atoms with Crippen LogP contribution in [0.4, 0.5) is 4.39 Å². The Bertz CT molecular complexity index is 615. The average molecular weight is 286 g/mol. The fourth-order valence-corrected chi connectivity index (χ4v) is 2.50. The second-order valence-electron chi connectivity index (χ2n) is 4.67. The summed E-state index contributed by atoms with van der Waals surface area (Å²) >= 11 is 0. The van der Waals surface area contributed by atoms with Crippen LogP contribution in [0.3, 0.4) is 0 Å². The highest BCUT2D eigenvalue weighted by Crippen LogP contribution is 2.33. The molecule has 104 valence electrons. The molecule has 2 rings (SSSR count). The van der Waals surface area contributed by atoms with Gasteiger partial charge in [0.15, 0.2) is 0 Å². The highest BCUT2D eigenvalue weighted by molar-refractivity contribution is 7.89. The minimum atomic E-state index is -3.96. The van der Waals surface area contributed by atoms with Crippen LogP contribution in [0, 0.1) is 11.7 Å². The number of rotatable bonds is 4. The van der Waals surface area contributed by atoms with Crippen molar-refractivity contribution in [1.82, 2.24) is 5.32 Å². The van der Waals surface area contributed by atoms with Gasteiger partial charge >= 0.3 is 0 Å². The van der Waals surface area contributed by atoms with Gasteiger partial charge in [-0.2, -0.15) is 0 Å². The highest BCUT2D eigenvalue weighted by atomic mass is 32.2. The van der Waals surface area contributed by atoms with Crippen LogP contribution in [0.1, 0.15) is 30.1 Å². The number of hydrogen-bond acceptors (Lipinski definition) is 3. The Balaban J connectivity index is 2.15. The van der Waals surface area contributed by atoms with E-state index in [2.05, 4.69) is 5.32 Å². The zero-order chi connectivity index (χ0) is 14.2. The summed E-state index contributed by atoms with van der Waals surface area (Å²) in [6.07, 6.45) is 1.87. The lowest BCUT2D eigenvalue weighted by atomic mass is 10.2. The van der Waals surface area contributed by atoms with Crippen LogP contribution in [0.15, 0.2) is 23.1 Å². The molecule has 0 aliphatic heterocycles. The second kappa shape index (κ2) is 4.90. The quantitative estimate of drug-likeness (QED) is 0.865. The van der Waals surface area contributed by atoms with Gasteiger partial charge in [-0.05, 0) is 30.5 Å². The summed E-state index contributed by atoms with van der Waals surface area (Å²) < 4.78 is 35.8. The van der Waals surface area contributed by atoms with Gasteiger partial charge < -0.3 is 5.32 Å². The Hall–Kier alpha value is -1.47. The normalized spacial score (nSPS) is 22.1. The molecule has 0 spiro atoms. The van der Waals surface area contributed by atoms with Gasteiger partial charge in [-0.25, -0.2) is 17.9 Å². The third kappa shape index (κ3) is 3.10. The molecular formula is C12H15FN2O3S. The molecule has 3 N–H and O–H groups in total. The van der Waals surface area contributed by atoms with Crippen LogP contribution in [0.25, 0.3) is 0 Å². The Morgan fingerprint density at radius 3 is 2.68 bits per heavy atom. The lowest BCUT2D eigenvalue weighted by molar-refractivity contribution is 0.0945. The van der Waals surface area contributed by atoms with E-state index in [-0.39, 0.29) is 16.5 Å². The maximum Gasteiger partial charge on any atom is 0.254 e. The SMILES string of the molecule is CCC1CC1NC(=O)c1ccc(S(N)(=O)=O)cc1F. The largest absolute Gasteiger partial charge is 0.349 e. The van der Waals surface area contributed by atoms with Crippen molar-refractivity contribution in [2.45, 2.75) is 30.7 Å². The van der Waals surface area contributed by atoms with Crippen molar-refractivity contribution < 1.29 is 17.6 Å². The molecule has 19 heavy (non-hydrogen) atoms. The molecule has 2 unspecified atom stereocenters. The number of amides is 1. The van der Waals surface area contributed by atoms with E-state index in [1.165, 1.54) is 0 Å². The molecule has 1 saturated carbocycles. The van der Waals surface area contributed by atoms with Crippen LogP contribution < -0.4 is 10.5 Å². The van der Waals surface area contributed by atoms with Gasteiger partial charge in [0.1, 0.15) is 5.82 Å². The molecular weight excluding hydrogens is 271 g/mol. The topological polar surface area (TPSA) is 89.3 Å². The Labute approximate surface area is 111 Å². The number of benzene rings is 1. The monoisotopic (exact) mass is 286 g/mol. The molecule has 1 amide bonds. The number of primary sulfonamides is 1. The molecule has 1 aromatic rings. The first kappa shape index (κ1) is 14.0. The van der Waals surface area contributed by atoms with E-state index in [4.69, 9.17) is 5.14 Å². The third-order valence-corrected chi connectivity index (χ3v) is 4.19. The van der Waals surface area contributed by atoms with E-state index >= 15 is 0 Å². The van der Waals surface area contributed by atoms with Crippen molar-refractivity contribution in [2.75, 3.05) is 0 Å². The summed E-state index contributed by atoms with van der Waals surface area (Å²) in [5.41, 5.74) is -0.172. The number of sulfonamides is 1. The van der Waals surface area contributed by atoms with Crippen molar-refractivity contribution in [3.63, 3.8) is 0 Å².